The molecule has 0 aliphatic carbocycles. The molecule has 0 spiro atoms. The minimum atomic E-state index is -4.35. The summed E-state index contributed by atoms with van der Waals surface area (Å²) in [7, 11) is -4.14. The number of hydrogen-bond donors (Lipinski definition) is 2. The predicted octanol–water partition coefficient (Wildman–Crippen LogP) is 1.60. The van der Waals surface area contributed by atoms with Gasteiger partial charge in [0.2, 0.25) is 10.9 Å². The van der Waals surface area contributed by atoms with E-state index in [1.54, 1.807) is 0 Å². The molecule has 1 aromatic rings. The summed E-state index contributed by atoms with van der Waals surface area (Å²) in [6.45, 7) is -0.426. The van der Waals surface area contributed by atoms with Gasteiger partial charge in [0.25, 0.3) is 10.0 Å². The third kappa shape index (κ3) is 4.91. The van der Waals surface area contributed by atoms with Crippen molar-refractivity contribution >= 4 is 16.0 Å². The summed E-state index contributed by atoms with van der Waals surface area (Å²) < 4.78 is 64.9. The van der Waals surface area contributed by atoms with Gasteiger partial charge in [-0.15, -0.1) is 0 Å². The Kier molecular flexibility index (Phi) is 4.58. The number of carboxylic acids is 1. The maximum atomic E-state index is 11.8. The number of nitrogens with one attached hydrogen (secondary N) is 1. The Hall–Kier alpha value is -1.55. The highest BCUT2D eigenvalue weighted by Gasteiger charge is 2.27. The molecule has 0 saturated heterocycles. The molecule has 0 aliphatic heterocycles. The number of rotatable bonds is 6. The van der Waals surface area contributed by atoms with Crippen molar-refractivity contribution in [2.75, 3.05) is 6.54 Å². The van der Waals surface area contributed by atoms with Crippen LogP contribution in [0.15, 0.2) is 21.6 Å². The Bertz CT molecular complexity index is 548. The van der Waals surface area contributed by atoms with E-state index in [1.165, 1.54) is 0 Å². The zero-order chi connectivity index (χ0) is 14.7. The Morgan fingerprint density at radius 3 is 2.47 bits per heavy atom. The van der Waals surface area contributed by atoms with Gasteiger partial charge in [0.15, 0.2) is 0 Å². The van der Waals surface area contributed by atoms with Gasteiger partial charge in [0.05, 0.1) is 0 Å². The van der Waals surface area contributed by atoms with Crippen LogP contribution < -0.4 is 4.72 Å². The van der Waals surface area contributed by atoms with E-state index in [2.05, 4.69) is 4.42 Å². The predicted molar refractivity (Wildman–Crippen MR) is 56.1 cm³/mol. The van der Waals surface area contributed by atoms with Crippen molar-refractivity contribution in [3.05, 3.63) is 17.9 Å². The average molecular weight is 301 g/mol. The van der Waals surface area contributed by atoms with E-state index >= 15 is 0 Å². The molecule has 0 unspecified atom stereocenters. The number of alkyl halides is 3. The maximum absolute atomic E-state index is 11.8. The summed E-state index contributed by atoms with van der Waals surface area (Å²) in [5.74, 6) is -2.02. The zero-order valence-corrected chi connectivity index (χ0v) is 10.2. The highest BCUT2D eigenvalue weighted by atomic mass is 32.2. The molecule has 0 bridgehead atoms. The van der Waals surface area contributed by atoms with Crippen molar-refractivity contribution in [3.8, 4) is 0 Å². The van der Waals surface area contributed by atoms with Crippen LogP contribution in [0.3, 0.4) is 0 Å². The van der Waals surface area contributed by atoms with Gasteiger partial charge in [-0.25, -0.2) is 17.9 Å². The highest BCUT2D eigenvalue weighted by molar-refractivity contribution is 7.89. The van der Waals surface area contributed by atoms with Crippen LogP contribution >= 0.6 is 0 Å². The molecule has 0 atom stereocenters. The quantitative estimate of drug-likeness (QED) is 0.778. The fraction of sp³-hybridized carbons (Fsp3) is 0.444. The molecule has 0 aromatic carbocycles. The molecule has 10 heteroatoms. The molecule has 0 aliphatic rings. The van der Waals surface area contributed by atoms with Crippen molar-refractivity contribution in [3.63, 3.8) is 0 Å². The van der Waals surface area contributed by atoms with Gasteiger partial charge in [-0.2, -0.15) is 13.2 Å². The molecule has 0 saturated carbocycles. The van der Waals surface area contributed by atoms with E-state index in [0.29, 0.717) is 0 Å². The summed E-state index contributed by atoms with van der Waals surface area (Å²) in [4.78, 5) is 10.5. The molecule has 2 N–H and O–H groups in total. The number of aromatic carboxylic acids is 1. The monoisotopic (exact) mass is 301 g/mol. The van der Waals surface area contributed by atoms with E-state index in [-0.39, 0.29) is 0 Å². The van der Waals surface area contributed by atoms with Crippen LogP contribution in [0.1, 0.15) is 23.4 Å². The summed E-state index contributed by atoms with van der Waals surface area (Å²) in [5.41, 5.74) is 0. The molecular formula is C9H10F3NO5S. The van der Waals surface area contributed by atoms with E-state index in [9.17, 15) is 26.4 Å². The first-order valence-electron chi connectivity index (χ1n) is 5.01. The summed E-state index contributed by atoms with van der Waals surface area (Å²) >= 11 is 0. The van der Waals surface area contributed by atoms with Gasteiger partial charge in [-0.1, -0.05) is 0 Å². The molecule has 0 radical (unpaired) electrons. The first kappa shape index (κ1) is 15.5. The lowest BCUT2D eigenvalue weighted by Crippen LogP contribution is -2.25. The zero-order valence-electron chi connectivity index (χ0n) is 9.40. The number of carboxylic acid groups (broad SMARTS) is 1. The van der Waals surface area contributed by atoms with Crippen LogP contribution in [0.2, 0.25) is 0 Å². The largest absolute Gasteiger partial charge is 0.475 e. The fourth-order valence-corrected chi connectivity index (χ4v) is 2.15. The molecule has 19 heavy (non-hydrogen) atoms. The van der Waals surface area contributed by atoms with Crippen LogP contribution in [0.4, 0.5) is 13.2 Å². The molecule has 1 rings (SSSR count). The van der Waals surface area contributed by atoms with Gasteiger partial charge < -0.3 is 9.52 Å². The second-order valence-corrected chi connectivity index (χ2v) is 5.24. The second kappa shape index (κ2) is 5.61. The lowest BCUT2D eigenvalue weighted by molar-refractivity contribution is -0.135. The van der Waals surface area contributed by atoms with Crippen molar-refractivity contribution in [1.82, 2.24) is 4.72 Å². The Balaban J connectivity index is 2.58. The van der Waals surface area contributed by atoms with Gasteiger partial charge >= 0.3 is 12.1 Å². The van der Waals surface area contributed by atoms with Crippen LogP contribution in [0, 0.1) is 0 Å². The van der Waals surface area contributed by atoms with E-state index in [0.717, 1.165) is 12.1 Å². The van der Waals surface area contributed by atoms with Crippen molar-refractivity contribution in [2.24, 2.45) is 0 Å². The summed E-state index contributed by atoms with van der Waals surface area (Å²) in [6.07, 6.45) is -5.89. The molecule has 1 aromatic heterocycles. The van der Waals surface area contributed by atoms with E-state index in [1.807, 2.05) is 4.72 Å². The number of furan rings is 1. The van der Waals surface area contributed by atoms with Gasteiger partial charge in [-0.3, -0.25) is 0 Å². The maximum Gasteiger partial charge on any atom is 0.389 e. The summed E-state index contributed by atoms with van der Waals surface area (Å²) in [5, 5.41) is 7.88. The van der Waals surface area contributed by atoms with Crippen LogP contribution in [0.5, 0.6) is 0 Å². The van der Waals surface area contributed by atoms with Gasteiger partial charge in [-0.05, 0) is 18.6 Å². The van der Waals surface area contributed by atoms with Gasteiger partial charge in [0, 0.05) is 13.0 Å². The number of halogens is 3. The third-order valence-corrected chi connectivity index (χ3v) is 3.32. The topological polar surface area (TPSA) is 96.6 Å². The SMILES string of the molecule is O=C(O)c1ccc(S(=O)(=O)NCCCC(F)(F)F)o1. The Morgan fingerprint density at radius 2 is 2.00 bits per heavy atom. The first-order valence-corrected chi connectivity index (χ1v) is 6.50. The summed E-state index contributed by atoms with van der Waals surface area (Å²) in [6, 6.07) is 1.85. The molecular weight excluding hydrogens is 291 g/mol. The lowest BCUT2D eigenvalue weighted by atomic mass is 10.3. The smallest absolute Gasteiger partial charge is 0.389 e. The van der Waals surface area contributed by atoms with Crippen LogP contribution in [-0.4, -0.2) is 32.2 Å². The molecule has 1 heterocycles. The molecule has 0 fully saturated rings. The van der Waals surface area contributed by atoms with E-state index in [4.69, 9.17) is 5.11 Å². The molecule has 108 valence electrons. The third-order valence-electron chi connectivity index (χ3n) is 1.99. The second-order valence-electron chi connectivity index (χ2n) is 3.54. The van der Waals surface area contributed by atoms with Crippen molar-refractivity contribution < 1.29 is 35.9 Å². The number of carbonyl (C=O) groups is 1. The Labute approximate surface area is 106 Å². The normalized spacial score (nSPS) is 12.6. The van der Waals surface area contributed by atoms with Crippen LogP contribution in [0.25, 0.3) is 0 Å². The van der Waals surface area contributed by atoms with Crippen molar-refractivity contribution in [1.29, 1.82) is 0 Å². The van der Waals surface area contributed by atoms with Gasteiger partial charge in [0.1, 0.15) is 0 Å². The standard InChI is InChI=1S/C9H10F3NO5S/c10-9(11,12)4-1-5-13-19(16,17)7-3-2-6(18-7)8(14)15/h2-3,13H,1,4-5H2,(H,14,15). The number of hydrogen-bond acceptors (Lipinski definition) is 4. The molecule has 0 amide bonds. The van der Waals surface area contributed by atoms with E-state index < -0.39 is 52.4 Å². The Morgan fingerprint density at radius 1 is 1.37 bits per heavy atom. The minimum Gasteiger partial charge on any atom is -0.475 e. The van der Waals surface area contributed by atoms with Crippen molar-refractivity contribution in [2.45, 2.75) is 24.1 Å². The fourth-order valence-electron chi connectivity index (χ4n) is 1.15. The first-order chi connectivity index (χ1) is 8.62. The minimum absolute atomic E-state index is 0.421. The van der Waals surface area contributed by atoms with Crippen LogP contribution in [-0.2, 0) is 10.0 Å². The molecule has 6 nitrogen and oxygen atoms in total. The average Bonchev–Trinajstić information content (AvgIpc) is 2.73. The highest BCUT2D eigenvalue weighted by Crippen LogP contribution is 2.21. The number of sulfonamides is 1. The lowest BCUT2D eigenvalue weighted by Gasteiger charge is -2.06.